The average Bonchev–Trinajstić information content (AvgIpc) is 2.87. The van der Waals surface area contributed by atoms with Crippen LogP contribution in [0.15, 0.2) is 6.20 Å². The van der Waals surface area contributed by atoms with Crippen LogP contribution in [0, 0.1) is 5.92 Å². The summed E-state index contributed by atoms with van der Waals surface area (Å²) in [5.41, 5.74) is 5.54. The minimum absolute atomic E-state index is 0.642. The quantitative estimate of drug-likeness (QED) is 0.771. The van der Waals surface area contributed by atoms with E-state index in [1.165, 1.54) is 17.7 Å². The van der Waals surface area contributed by atoms with E-state index < -0.39 is 0 Å². The van der Waals surface area contributed by atoms with E-state index in [1.54, 1.807) is 11.3 Å². The number of thiazole rings is 1. The fraction of sp³-hybridized carbons (Fsp3) is 0.667. The maximum Gasteiger partial charge on any atom is 0.180 e. The molecular weight excluding hydrogens is 182 g/mol. The van der Waals surface area contributed by atoms with E-state index in [4.69, 9.17) is 5.73 Å². The van der Waals surface area contributed by atoms with Gasteiger partial charge in [-0.15, -0.1) is 11.3 Å². The predicted octanol–water partition coefficient (Wildman–Crippen LogP) is 1.61. The standard InChI is InChI=1S/C9H15N3S/c1-6(7-2-3-7)11-4-8-5-12-9(10)13-8/h5-7,11H,2-4H2,1H3,(H2,10,12)/t6-/m0/s1. The third-order valence-electron chi connectivity index (χ3n) is 2.50. The fourth-order valence-corrected chi connectivity index (χ4v) is 2.06. The maximum absolute atomic E-state index is 5.54. The Balaban J connectivity index is 1.78. The maximum atomic E-state index is 5.54. The summed E-state index contributed by atoms with van der Waals surface area (Å²) >= 11 is 1.57. The van der Waals surface area contributed by atoms with Gasteiger partial charge in [-0.25, -0.2) is 4.98 Å². The van der Waals surface area contributed by atoms with Crippen LogP contribution in [0.4, 0.5) is 5.13 Å². The lowest BCUT2D eigenvalue weighted by molar-refractivity contribution is 0.498. The zero-order valence-electron chi connectivity index (χ0n) is 7.79. The van der Waals surface area contributed by atoms with Crippen molar-refractivity contribution >= 4 is 16.5 Å². The Morgan fingerprint density at radius 1 is 1.77 bits per heavy atom. The van der Waals surface area contributed by atoms with Crippen molar-refractivity contribution in [1.82, 2.24) is 10.3 Å². The minimum Gasteiger partial charge on any atom is -0.375 e. The summed E-state index contributed by atoms with van der Waals surface area (Å²) in [6.07, 6.45) is 4.63. The van der Waals surface area contributed by atoms with E-state index in [0.29, 0.717) is 11.2 Å². The van der Waals surface area contributed by atoms with Crippen LogP contribution in [0.5, 0.6) is 0 Å². The van der Waals surface area contributed by atoms with Crippen LogP contribution < -0.4 is 11.1 Å². The van der Waals surface area contributed by atoms with Gasteiger partial charge in [-0.05, 0) is 25.7 Å². The number of nitrogens with one attached hydrogen (secondary N) is 1. The highest BCUT2D eigenvalue weighted by Crippen LogP contribution is 2.32. The van der Waals surface area contributed by atoms with Gasteiger partial charge in [-0.1, -0.05) is 0 Å². The Kier molecular flexibility index (Phi) is 2.51. The number of nitrogens with zero attached hydrogens (tertiary/aromatic N) is 1. The van der Waals surface area contributed by atoms with E-state index in [-0.39, 0.29) is 0 Å². The van der Waals surface area contributed by atoms with Crippen LogP contribution in [0.25, 0.3) is 0 Å². The van der Waals surface area contributed by atoms with Crippen molar-refractivity contribution in [2.24, 2.45) is 5.92 Å². The number of anilines is 1. The minimum atomic E-state index is 0.642. The van der Waals surface area contributed by atoms with E-state index in [0.717, 1.165) is 12.5 Å². The van der Waals surface area contributed by atoms with Crippen molar-refractivity contribution in [3.05, 3.63) is 11.1 Å². The Bertz CT molecular complexity index is 280. The second-order valence-electron chi connectivity index (χ2n) is 3.67. The van der Waals surface area contributed by atoms with Gasteiger partial charge in [0.15, 0.2) is 5.13 Å². The summed E-state index contributed by atoms with van der Waals surface area (Å²) in [5.74, 6) is 0.908. The molecule has 2 rings (SSSR count). The van der Waals surface area contributed by atoms with Crippen molar-refractivity contribution in [2.45, 2.75) is 32.4 Å². The first-order valence-corrected chi connectivity index (χ1v) is 5.51. The summed E-state index contributed by atoms with van der Waals surface area (Å²) in [4.78, 5) is 5.24. The predicted molar refractivity (Wildman–Crippen MR) is 55.6 cm³/mol. The molecule has 1 aromatic rings. The lowest BCUT2D eigenvalue weighted by atomic mass is 10.2. The van der Waals surface area contributed by atoms with E-state index in [1.807, 2.05) is 6.20 Å². The van der Waals surface area contributed by atoms with Gasteiger partial charge in [0.2, 0.25) is 0 Å². The molecule has 4 heteroatoms. The van der Waals surface area contributed by atoms with Crippen molar-refractivity contribution in [2.75, 3.05) is 5.73 Å². The summed E-state index contributed by atoms with van der Waals surface area (Å²) in [6, 6.07) is 0.642. The molecule has 13 heavy (non-hydrogen) atoms. The number of hydrogen-bond acceptors (Lipinski definition) is 4. The molecule has 0 amide bonds. The Labute approximate surface area is 82.4 Å². The Morgan fingerprint density at radius 3 is 3.08 bits per heavy atom. The largest absolute Gasteiger partial charge is 0.375 e. The molecule has 0 saturated heterocycles. The van der Waals surface area contributed by atoms with Gasteiger partial charge in [0.1, 0.15) is 0 Å². The SMILES string of the molecule is C[C@H](NCc1cnc(N)s1)C1CC1. The zero-order valence-corrected chi connectivity index (χ0v) is 8.60. The molecule has 0 bridgehead atoms. The van der Waals surface area contributed by atoms with Gasteiger partial charge in [-0.3, -0.25) is 0 Å². The number of rotatable bonds is 4. The van der Waals surface area contributed by atoms with Crippen LogP contribution in [0.2, 0.25) is 0 Å². The molecule has 3 N–H and O–H groups in total. The molecule has 0 spiro atoms. The van der Waals surface area contributed by atoms with Gasteiger partial charge in [0.05, 0.1) is 0 Å². The first-order chi connectivity index (χ1) is 6.25. The summed E-state index contributed by atoms with van der Waals surface area (Å²) in [7, 11) is 0. The molecular formula is C9H15N3S. The number of hydrogen-bond donors (Lipinski definition) is 2. The molecule has 72 valence electrons. The van der Waals surface area contributed by atoms with Gasteiger partial charge in [-0.2, -0.15) is 0 Å². The molecule has 1 saturated carbocycles. The molecule has 1 aliphatic rings. The Morgan fingerprint density at radius 2 is 2.54 bits per heavy atom. The number of nitrogen functional groups attached to an aromatic ring is 1. The molecule has 3 nitrogen and oxygen atoms in total. The van der Waals surface area contributed by atoms with Crippen LogP contribution in [0.1, 0.15) is 24.6 Å². The summed E-state index contributed by atoms with van der Waals surface area (Å²) in [5, 5.41) is 4.15. The lowest BCUT2D eigenvalue weighted by Gasteiger charge is -2.10. The molecule has 0 unspecified atom stereocenters. The van der Waals surface area contributed by atoms with Crippen molar-refractivity contribution in [1.29, 1.82) is 0 Å². The van der Waals surface area contributed by atoms with E-state index in [2.05, 4.69) is 17.2 Å². The first-order valence-electron chi connectivity index (χ1n) is 4.69. The monoisotopic (exact) mass is 197 g/mol. The van der Waals surface area contributed by atoms with Gasteiger partial charge in [0, 0.05) is 23.7 Å². The van der Waals surface area contributed by atoms with Gasteiger partial charge >= 0.3 is 0 Å². The second kappa shape index (κ2) is 3.64. The molecule has 1 aliphatic carbocycles. The summed E-state index contributed by atoms with van der Waals surface area (Å²) < 4.78 is 0. The molecule has 1 heterocycles. The number of nitrogens with two attached hydrogens (primary N) is 1. The van der Waals surface area contributed by atoms with Crippen LogP contribution in [0.3, 0.4) is 0 Å². The normalized spacial score (nSPS) is 18.8. The molecule has 0 radical (unpaired) electrons. The zero-order chi connectivity index (χ0) is 9.26. The highest BCUT2D eigenvalue weighted by atomic mass is 32.1. The van der Waals surface area contributed by atoms with Gasteiger partial charge in [0.25, 0.3) is 0 Å². The second-order valence-corrected chi connectivity index (χ2v) is 4.82. The topological polar surface area (TPSA) is 50.9 Å². The smallest absolute Gasteiger partial charge is 0.180 e. The molecule has 1 atom stereocenters. The number of aromatic nitrogens is 1. The average molecular weight is 197 g/mol. The van der Waals surface area contributed by atoms with Crippen molar-refractivity contribution in [3.8, 4) is 0 Å². The third-order valence-corrected chi connectivity index (χ3v) is 3.33. The highest BCUT2D eigenvalue weighted by molar-refractivity contribution is 7.15. The summed E-state index contributed by atoms with van der Waals surface area (Å²) in [6.45, 7) is 3.16. The molecule has 0 aromatic carbocycles. The Hall–Kier alpha value is -0.610. The lowest BCUT2D eigenvalue weighted by Crippen LogP contribution is -2.26. The molecule has 1 aromatic heterocycles. The van der Waals surface area contributed by atoms with Crippen LogP contribution in [-0.4, -0.2) is 11.0 Å². The van der Waals surface area contributed by atoms with Crippen molar-refractivity contribution in [3.63, 3.8) is 0 Å². The van der Waals surface area contributed by atoms with Crippen LogP contribution in [-0.2, 0) is 6.54 Å². The fourth-order valence-electron chi connectivity index (χ4n) is 1.43. The first kappa shape index (κ1) is 8.97. The molecule has 1 fully saturated rings. The molecule has 0 aliphatic heterocycles. The third kappa shape index (κ3) is 2.42. The van der Waals surface area contributed by atoms with Crippen LogP contribution >= 0.6 is 11.3 Å². The van der Waals surface area contributed by atoms with Gasteiger partial charge < -0.3 is 11.1 Å². The van der Waals surface area contributed by atoms with E-state index in [9.17, 15) is 0 Å². The van der Waals surface area contributed by atoms with E-state index >= 15 is 0 Å². The highest BCUT2D eigenvalue weighted by Gasteiger charge is 2.27. The van der Waals surface area contributed by atoms with Crippen molar-refractivity contribution < 1.29 is 0 Å².